The van der Waals surface area contributed by atoms with E-state index in [4.69, 9.17) is 9.47 Å². The quantitative estimate of drug-likeness (QED) is 0.606. The van der Waals surface area contributed by atoms with E-state index in [9.17, 15) is 4.79 Å². The number of H-pyrrole nitrogens is 1. The molecule has 0 bridgehead atoms. The fourth-order valence-corrected chi connectivity index (χ4v) is 2.99. The van der Waals surface area contributed by atoms with Crippen LogP contribution < -0.4 is 14.8 Å². The largest absolute Gasteiger partial charge is 0.493 e. The molecule has 1 aromatic heterocycles. The molecule has 140 valence electrons. The molecule has 2 aromatic carbocycles. The van der Waals surface area contributed by atoms with Crippen molar-refractivity contribution >= 4 is 23.4 Å². The number of methoxy groups -OCH3 is 2. The summed E-state index contributed by atoms with van der Waals surface area (Å²) in [6.45, 7) is 2.03. The molecule has 0 spiro atoms. The molecule has 0 atom stereocenters. The van der Waals surface area contributed by atoms with Crippen LogP contribution in [0.25, 0.3) is 11.4 Å². The summed E-state index contributed by atoms with van der Waals surface area (Å²) in [5.74, 6) is 1.88. The van der Waals surface area contributed by atoms with Gasteiger partial charge in [-0.05, 0) is 19.1 Å². The van der Waals surface area contributed by atoms with E-state index in [1.807, 2.05) is 31.2 Å². The molecule has 0 saturated carbocycles. The van der Waals surface area contributed by atoms with Crippen LogP contribution in [0.1, 0.15) is 5.56 Å². The monoisotopic (exact) mass is 384 g/mol. The van der Waals surface area contributed by atoms with Gasteiger partial charge in [0.1, 0.15) is 0 Å². The summed E-state index contributed by atoms with van der Waals surface area (Å²) in [5, 5.41) is 10.4. The van der Waals surface area contributed by atoms with Crippen molar-refractivity contribution in [2.24, 2.45) is 0 Å². The first-order valence-electron chi connectivity index (χ1n) is 8.23. The third-order valence-electron chi connectivity index (χ3n) is 3.79. The Bertz CT molecular complexity index is 925. The molecule has 0 unspecified atom stereocenters. The summed E-state index contributed by atoms with van der Waals surface area (Å²) in [7, 11) is 3.11. The van der Waals surface area contributed by atoms with Gasteiger partial charge < -0.3 is 14.8 Å². The lowest BCUT2D eigenvalue weighted by Crippen LogP contribution is -2.14. The minimum absolute atomic E-state index is 0.158. The molecular weight excluding hydrogens is 364 g/mol. The molecule has 3 aromatic rings. The first-order chi connectivity index (χ1) is 13.1. The van der Waals surface area contributed by atoms with Crippen molar-refractivity contribution in [1.29, 1.82) is 0 Å². The van der Waals surface area contributed by atoms with Crippen LogP contribution in [0, 0.1) is 6.92 Å². The molecule has 0 aliphatic heterocycles. The van der Waals surface area contributed by atoms with Crippen LogP contribution in [0.2, 0.25) is 0 Å². The zero-order valence-electron chi connectivity index (χ0n) is 15.3. The Labute approximate surface area is 161 Å². The van der Waals surface area contributed by atoms with Crippen molar-refractivity contribution in [2.75, 3.05) is 25.3 Å². The number of nitrogens with one attached hydrogen (secondary N) is 2. The maximum Gasteiger partial charge on any atom is 0.234 e. The fourth-order valence-electron chi connectivity index (χ4n) is 2.39. The molecule has 0 fully saturated rings. The van der Waals surface area contributed by atoms with E-state index in [-0.39, 0.29) is 11.7 Å². The number of nitrogens with zero attached hydrogens (tertiary/aromatic N) is 2. The van der Waals surface area contributed by atoms with Gasteiger partial charge >= 0.3 is 0 Å². The topological polar surface area (TPSA) is 89.1 Å². The lowest BCUT2D eigenvalue weighted by molar-refractivity contribution is -0.113. The van der Waals surface area contributed by atoms with E-state index in [1.165, 1.54) is 17.3 Å². The third-order valence-corrected chi connectivity index (χ3v) is 4.64. The standard InChI is InChI=1S/C19H20N4O3S/c1-12-4-6-13(7-5-12)18-21-19(23-22-18)27-11-17(24)20-14-8-9-15(25-2)16(10-14)26-3/h4-10H,11H2,1-3H3,(H,20,24)(H,21,22,23). The van der Waals surface area contributed by atoms with Gasteiger partial charge in [0.15, 0.2) is 17.3 Å². The van der Waals surface area contributed by atoms with Crippen molar-refractivity contribution in [2.45, 2.75) is 12.1 Å². The summed E-state index contributed by atoms with van der Waals surface area (Å²) in [6, 6.07) is 13.2. The first kappa shape index (κ1) is 18.8. The fraction of sp³-hybridized carbons (Fsp3) is 0.211. The Kier molecular flexibility index (Phi) is 5.97. The van der Waals surface area contributed by atoms with Crippen molar-refractivity contribution < 1.29 is 14.3 Å². The number of aromatic amines is 1. The normalized spacial score (nSPS) is 10.5. The van der Waals surface area contributed by atoms with Gasteiger partial charge in [-0.15, -0.1) is 5.10 Å². The molecule has 2 N–H and O–H groups in total. The first-order valence-corrected chi connectivity index (χ1v) is 9.21. The number of benzene rings is 2. The van der Waals surface area contributed by atoms with Crippen LogP contribution in [0.3, 0.4) is 0 Å². The second kappa shape index (κ2) is 8.59. The van der Waals surface area contributed by atoms with Gasteiger partial charge in [-0.2, -0.15) is 0 Å². The molecule has 1 heterocycles. The van der Waals surface area contributed by atoms with E-state index in [2.05, 4.69) is 20.5 Å². The number of aryl methyl sites for hydroxylation is 1. The van der Waals surface area contributed by atoms with Crippen LogP contribution >= 0.6 is 11.8 Å². The Morgan fingerprint density at radius 3 is 2.56 bits per heavy atom. The number of carbonyl (C=O) groups excluding carboxylic acids is 1. The van der Waals surface area contributed by atoms with Crippen LogP contribution in [0.4, 0.5) is 5.69 Å². The van der Waals surface area contributed by atoms with Gasteiger partial charge in [0.25, 0.3) is 0 Å². The minimum atomic E-state index is -0.158. The number of ether oxygens (including phenoxy) is 2. The van der Waals surface area contributed by atoms with Gasteiger partial charge in [0, 0.05) is 17.3 Å². The number of aromatic nitrogens is 3. The molecule has 27 heavy (non-hydrogen) atoms. The van der Waals surface area contributed by atoms with E-state index in [0.29, 0.717) is 28.2 Å². The molecule has 7 nitrogen and oxygen atoms in total. The van der Waals surface area contributed by atoms with Crippen LogP contribution in [-0.4, -0.2) is 41.1 Å². The van der Waals surface area contributed by atoms with Crippen molar-refractivity contribution in [3.63, 3.8) is 0 Å². The van der Waals surface area contributed by atoms with Crippen molar-refractivity contribution in [3.8, 4) is 22.9 Å². The Balaban J connectivity index is 1.57. The SMILES string of the molecule is COc1ccc(NC(=O)CSc2n[nH]c(-c3ccc(C)cc3)n2)cc1OC. The van der Waals surface area contributed by atoms with E-state index >= 15 is 0 Å². The highest BCUT2D eigenvalue weighted by Crippen LogP contribution is 2.29. The number of amides is 1. The van der Waals surface area contributed by atoms with Gasteiger partial charge in [-0.25, -0.2) is 4.98 Å². The average molecular weight is 384 g/mol. The number of rotatable bonds is 7. The van der Waals surface area contributed by atoms with E-state index < -0.39 is 0 Å². The summed E-state index contributed by atoms with van der Waals surface area (Å²) < 4.78 is 10.4. The number of hydrogen-bond acceptors (Lipinski definition) is 6. The predicted octanol–water partition coefficient (Wildman–Crippen LogP) is 3.53. The zero-order chi connectivity index (χ0) is 19.2. The summed E-state index contributed by atoms with van der Waals surface area (Å²) in [4.78, 5) is 16.6. The summed E-state index contributed by atoms with van der Waals surface area (Å²) in [6.07, 6.45) is 0. The molecule has 0 radical (unpaired) electrons. The lowest BCUT2D eigenvalue weighted by atomic mass is 10.1. The molecule has 0 aliphatic carbocycles. The van der Waals surface area contributed by atoms with Crippen molar-refractivity contribution in [1.82, 2.24) is 15.2 Å². The number of thioether (sulfide) groups is 1. The highest BCUT2D eigenvalue weighted by atomic mass is 32.2. The van der Waals surface area contributed by atoms with Crippen LogP contribution in [-0.2, 0) is 4.79 Å². The number of anilines is 1. The third kappa shape index (κ3) is 4.79. The second-order valence-corrected chi connectivity index (χ2v) is 6.68. The lowest BCUT2D eigenvalue weighted by Gasteiger charge is -2.10. The molecular formula is C19H20N4O3S. The highest BCUT2D eigenvalue weighted by molar-refractivity contribution is 7.99. The smallest absolute Gasteiger partial charge is 0.234 e. The van der Waals surface area contributed by atoms with Crippen molar-refractivity contribution in [3.05, 3.63) is 48.0 Å². The summed E-state index contributed by atoms with van der Waals surface area (Å²) >= 11 is 1.26. The molecule has 0 saturated heterocycles. The molecule has 3 rings (SSSR count). The average Bonchev–Trinajstić information content (AvgIpc) is 3.16. The van der Waals surface area contributed by atoms with E-state index in [0.717, 1.165) is 5.56 Å². The molecule has 0 aliphatic rings. The maximum atomic E-state index is 12.2. The zero-order valence-corrected chi connectivity index (χ0v) is 16.1. The highest BCUT2D eigenvalue weighted by Gasteiger charge is 2.11. The van der Waals surface area contributed by atoms with Crippen LogP contribution in [0.5, 0.6) is 11.5 Å². The summed E-state index contributed by atoms with van der Waals surface area (Å²) in [5.41, 5.74) is 2.77. The Hall–Kier alpha value is -3.00. The number of hydrogen-bond donors (Lipinski definition) is 2. The van der Waals surface area contributed by atoms with Gasteiger partial charge in [-0.1, -0.05) is 41.6 Å². The van der Waals surface area contributed by atoms with Gasteiger partial charge in [0.05, 0.1) is 20.0 Å². The Morgan fingerprint density at radius 1 is 1.11 bits per heavy atom. The molecule has 8 heteroatoms. The van der Waals surface area contributed by atoms with Crippen LogP contribution in [0.15, 0.2) is 47.6 Å². The minimum Gasteiger partial charge on any atom is -0.493 e. The second-order valence-electron chi connectivity index (χ2n) is 5.74. The van der Waals surface area contributed by atoms with Gasteiger partial charge in [0.2, 0.25) is 11.1 Å². The van der Waals surface area contributed by atoms with E-state index in [1.54, 1.807) is 32.4 Å². The predicted molar refractivity (Wildman–Crippen MR) is 105 cm³/mol. The maximum absolute atomic E-state index is 12.2. The Morgan fingerprint density at radius 2 is 1.85 bits per heavy atom. The number of carbonyl (C=O) groups is 1. The van der Waals surface area contributed by atoms with Gasteiger partial charge in [-0.3, -0.25) is 9.89 Å². The molecule has 1 amide bonds.